The molecule has 1 heterocycles. The lowest BCUT2D eigenvalue weighted by molar-refractivity contribution is 0.164. The molecule has 1 unspecified atom stereocenters. The summed E-state index contributed by atoms with van der Waals surface area (Å²) in [7, 11) is 0. The van der Waals surface area contributed by atoms with Crippen LogP contribution in [-0.2, 0) is 6.54 Å². The Hall–Kier alpha value is -0.640. The number of hydrogen-bond acceptors (Lipinski definition) is 2. The van der Waals surface area contributed by atoms with E-state index < -0.39 is 0 Å². The van der Waals surface area contributed by atoms with Crippen molar-refractivity contribution in [1.29, 1.82) is 0 Å². The highest BCUT2D eigenvalue weighted by Crippen LogP contribution is 2.21. The van der Waals surface area contributed by atoms with Gasteiger partial charge in [0.15, 0.2) is 0 Å². The lowest BCUT2D eigenvalue weighted by atomic mass is 9.97. The van der Waals surface area contributed by atoms with E-state index in [4.69, 9.17) is 11.6 Å². The van der Waals surface area contributed by atoms with Crippen molar-refractivity contribution in [3.05, 3.63) is 34.6 Å². The summed E-state index contributed by atoms with van der Waals surface area (Å²) >= 11 is 5.84. The first-order chi connectivity index (χ1) is 9.54. The lowest BCUT2D eigenvalue weighted by Gasteiger charge is -2.33. The average molecular weight is 299 g/mol. The average Bonchev–Trinajstić information content (AvgIpc) is 2.41. The van der Waals surface area contributed by atoms with Gasteiger partial charge in [-0.2, -0.15) is 0 Å². The number of likely N-dealkylation sites (tertiary alicyclic amines) is 1. The molecular formula is C16H24ClFN2. The first-order valence-corrected chi connectivity index (χ1v) is 7.82. The third-order valence-electron chi connectivity index (χ3n) is 3.81. The molecule has 1 aromatic carbocycles. The monoisotopic (exact) mass is 298 g/mol. The van der Waals surface area contributed by atoms with Gasteiger partial charge >= 0.3 is 0 Å². The van der Waals surface area contributed by atoms with Crippen LogP contribution in [0.2, 0.25) is 5.02 Å². The molecule has 2 rings (SSSR count). The molecule has 20 heavy (non-hydrogen) atoms. The van der Waals surface area contributed by atoms with Crippen molar-refractivity contribution in [2.45, 2.75) is 39.3 Å². The maximum atomic E-state index is 13.2. The summed E-state index contributed by atoms with van der Waals surface area (Å²) in [6.07, 6.45) is 2.53. The molecule has 0 aromatic heterocycles. The van der Waals surface area contributed by atoms with E-state index >= 15 is 0 Å². The fraction of sp³-hybridized carbons (Fsp3) is 0.625. The molecule has 1 atom stereocenters. The standard InChI is InChI=1S/C16H24ClFN2/c1-12(2)19-9-14-4-3-7-20(11-14)10-13-5-6-16(18)15(17)8-13/h5-6,8,12,14,19H,3-4,7,9-11H2,1-2H3. The van der Waals surface area contributed by atoms with Crippen LogP contribution in [-0.4, -0.2) is 30.6 Å². The van der Waals surface area contributed by atoms with E-state index in [1.54, 1.807) is 6.07 Å². The van der Waals surface area contributed by atoms with Crippen LogP contribution in [0.1, 0.15) is 32.3 Å². The van der Waals surface area contributed by atoms with E-state index in [2.05, 4.69) is 24.1 Å². The fourth-order valence-electron chi connectivity index (χ4n) is 2.76. The largest absolute Gasteiger partial charge is 0.314 e. The van der Waals surface area contributed by atoms with Crippen molar-refractivity contribution >= 4 is 11.6 Å². The van der Waals surface area contributed by atoms with E-state index in [9.17, 15) is 4.39 Å². The van der Waals surface area contributed by atoms with E-state index in [0.29, 0.717) is 12.0 Å². The zero-order valence-corrected chi connectivity index (χ0v) is 13.1. The van der Waals surface area contributed by atoms with Crippen molar-refractivity contribution in [2.75, 3.05) is 19.6 Å². The number of nitrogens with one attached hydrogen (secondary N) is 1. The maximum Gasteiger partial charge on any atom is 0.141 e. The molecule has 1 aliphatic rings. The van der Waals surface area contributed by atoms with Gasteiger partial charge in [0.25, 0.3) is 0 Å². The smallest absolute Gasteiger partial charge is 0.141 e. The number of benzene rings is 1. The molecular weight excluding hydrogens is 275 g/mol. The Balaban J connectivity index is 1.87. The summed E-state index contributed by atoms with van der Waals surface area (Å²) in [4.78, 5) is 2.44. The first kappa shape index (κ1) is 15.7. The number of piperidine rings is 1. The van der Waals surface area contributed by atoms with Gasteiger partial charge in [0.05, 0.1) is 5.02 Å². The van der Waals surface area contributed by atoms with Crippen LogP contribution in [0.15, 0.2) is 18.2 Å². The number of rotatable bonds is 5. The van der Waals surface area contributed by atoms with E-state index in [-0.39, 0.29) is 10.8 Å². The Bertz CT molecular complexity index is 436. The number of hydrogen-bond donors (Lipinski definition) is 1. The van der Waals surface area contributed by atoms with Crippen molar-refractivity contribution < 1.29 is 4.39 Å². The molecule has 0 amide bonds. The van der Waals surface area contributed by atoms with Gasteiger partial charge < -0.3 is 5.32 Å². The van der Waals surface area contributed by atoms with Crippen LogP contribution in [0.3, 0.4) is 0 Å². The first-order valence-electron chi connectivity index (χ1n) is 7.44. The maximum absolute atomic E-state index is 13.2. The predicted octanol–water partition coefficient (Wildman–Crippen LogP) is 3.69. The van der Waals surface area contributed by atoms with Gasteiger partial charge in [-0.1, -0.05) is 31.5 Å². The molecule has 0 aliphatic carbocycles. The predicted molar refractivity (Wildman–Crippen MR) is 82.5 cm³/mol. The molecule has 4 heteroatoms. The molecule has 1 N–H and O–H groups in total. The Kier molecular flexibility index (Phi) is 5.82. The van der Waals surface area contributed by atoms with Crippen LogP contribution in [0.25, 0.3) is 0 Å². The second kappa shape index (κ2) is 7.39. The Morgan fingerprint density at radius 2 is 2.25 bits per heavy atom. The highest BCUT2D eigenvalue weighted by molar-refractivity contribution is 6.30. The minimum Gasteiger partial charge on any atom is -0.314 e. The molecule has 0 radical (unpaired) electrons. The Morgan fingerprint density at radius 3 is 2.95 bits per heavy atom. The summed E-state index contributed by atoms with van der Waals surface area (Å²) in [5, 5.41) is 3.74. The van der Waals surface area contributed by atoms with Gasteiger partial charge in [0.1, 0.15) is 5.82 Å². The van der Waals surface area contributed by atoms with E-state index in [1.165, 1.54) is 18.9 Å². The molecule has 1 aromatic rings. The third kappa shape index (κ3) is 4.72. The summed E-state index contributed by atoms with van der Waals surface area (Å²) in [6, 6.07) is 5.57. The van der Waals surface area contributed by atoms with Crippen molar-refractivity contribution in [3.8, 4) is 0 Å². The highest BCUT2D eigenvalue weighted by Gasteiger charge is 2.20. The molecule has 1 aliphatic heterocycles. The van der Waals surface area contributed by atoms with Crippen LogP contribution in [0, 0.1) is 11.7 Å². The fourth-order valence-corrected chi connectivity index (χ4v) is 2.96. The summed E-state index contributed by atoms with van der Waals surface area (Å²) < 4.78 is 13.2. The molecule has 1 fully saturated rings. The number of nitrogens with zero attached hydrogens (tertiary/aromatic N) is 1. The van der Waals surface area contributed by atoms with Crippen molar-refractivity contribution in [1.82, 2.24) is 10.2 Å². The van der Waals surface area contributed by atoms with Crippen LogP contribution in [0.4, 0.5) is 4.39 Å². The van der Waals surface area contributed by atoms with Gasteiger partial charge in [0.2, 0.25) is 0 Å². The second-order valence-electron chi connectivity index (χ2n) is 6.05. The summed E-state index contributed by atoms with van der Waals surface area (Å²) in [5.74, 6) is 0.371. The Morgan fingerprint density at radius 1 is 1.45 bits per heavy atom. The van der Waals surface area contributed by atoms with Crippen molar-refractivity contribution in [3.63, 3.8) is 0 Å². The number of halogens is 2. The van der Waals surface area contributed by atoms with E-state index in [1.807, 2.05) is 6.07 Å². The van der Waals surface area contributed by atoms with Gasteiger partial charge in [0, 0.05) is 19.1 Å². The zero-order chi connectivity index (χ0) is 14.5. The molecule has 0 saturated carbocycles. The molecule has 0 spiro atoms. The molecule has 1 saturated heterocycles. The molecule has 2 nitrogen and oxygen atoms in total. The normalized spacial score (nSPS) is 20.6. The molecule has 0 bridgehead atoms. The van der Waals surface area contributed by atoms with Gasteiger partial charge in [-0.05, 0) is 49.5 Å². The molecule has 112 valence electrons. The van der Waals surface area contributed by atoms with Crippen LogP contribution >= 0.6 is 11.6 Å². The lowest BCUT2D eigenvalue weighted by Crippen LogP contribution is -2.40. The SMILES string of the molecule is CC(C)NCC1CCCN(Cc2ccc(F)c(Cl)c2)C1. The zero-order valence-electron chi connectivity index (χ0n) is 12.3. The Labute approximate surface area is 126 Å². The third-order valence-corrected chi connectivity index (χ3v) is 4.10. The summed E-state index contributed by atoms with van der Waals surface area (Å²) in [6.45, 7) is 8.53. The minimum absolute atomic E-state index is 0.220. The van der Waals surface area contributed by atoms with Crippen LogP contribution < -0.4 is 5.32 Å². The quantitative estimate of drug-likeness (QED) is 0.892. The van der Waals surface area contributed by atoms with Gasteiger partial charge in [-0.25, -0.2) is 4.39 Å². The van der Waals surface area contributed by atoms with Gasteiger partial charge in [-0.15, -0.1) is 0 Å². The van der Waals surface area contributed by atoms with Gasteiger partial charge in [-0.3, -0.25) is 4.90 Å². The van der Waals surface area contributed by atoms with Crippen molar-refractivity contribution in [2.24, 2.45) is 5.92 Å². The summed E-state index contributed by atoms with van der Waals surface area (Å²) in [5.41, 5.74) is 1.09. The highest BCUT2D eigenvalue weighted by atomic mass is 35.5. The van der Waals surface area contributed by atoms with Crippen LogP contribution in [0.5, 0.6) is 0 Å². The van der Waals surface area contributed by atoms with E-state index in [0.717, 1.165) is 31.7 Å². The topological polar surface area (TPSA) is 15.3 Å². The minimum atomic E-state index is -0.340. The second-order valence-corrected chi connectivity index (χ2v) is 6.46.